The van der Waals surface area contributed by atoms with Crippen LogP contribution in [0.5, 0.6) is 0 Å². The standard InChI is InChI=1S/C41H33N3O/c1-26-14-13-21-35-37(26)38-36(45-35)23-22-33(42-38)40-43-32-19-11-12-20-34(32)44(40)39-30(27-15-7-5-8-16-27)24-29(41(2,3)4)25-31(39)28-17-9-6-10-18-28/h5-25H,1-4H3. The lowest BCUT2D eigenvalue weighted by molar-refractivity contribution is 0.590. The fraction of sp³-hybridized carbons (Fsp3) is 0.122. The summed E-state index contributed by atoms with van der Waals surface area (Å²) in [6.07, 6.45) is 0. The van der Waals surface area contributed by atoms with Gasteiger partial charge in [0.2, 0.25) is 0 Å². The van der Waals surface area contributed by atoms with Gasteiger partial charge in [0.05, 0.1) is 16.7 Å². The first-order chi connectivity index (χ1) is 21.9. The molecule has 0 N–H and O–H groups in total. The van der Waals surface area contributed by atoms with Gasteiger partial charge in [-0.2, -0.15) is 0 Å². The number of para-hydroxylation sites is 2. The molecular formula is C41H33N3O. The van der Waals surface area contributed by atoms with E-state index in [9.17, 15) is 0 Å². The van der Waals surface area contributed by atoms with Crippen molar-refractivity contribution in [2.75, 3.05) is 0 Å². The summed E-state index contributed by atoms with van der Waals surface area (Å²) in [6.45, 7) is 8.94. The second kappa shape index (κ2) is 10.3. The number of fused-ring (bicyclic) bond motifs is 4. The Bertz CT molecular complexity index is 2300. The molecule has 8 rings (SSSR count). The monoisotopic (exact) mass is 583 g/mol. The molecular weight excluding hydrogens is 550 g/mol. The van der Waals surface area contributed by atoms with Crippen LogP contribution in [0.2, 0.25) is 0 Å². The Kier molecular flexibility index (Phi) is 6.21. The molecule has 0 radical (unpaired) electrons. The van der Waals surface area contributed by atoms with Gasteiger partial charge in [0.25, 0.3) is 0 Å². The van der Waals surface area contributed by atoms with E-state index in [2.05, 4.69) is 129 Å². The van der Waals surface area contributed by atoms with Gasteiger partial charge in [-0.25, -0.2) is 9.97 Å². The molecule has 0 aliphatic carbocycles. The number of aryl methyl sites for hydroxylation is 1. The number of pyridine rings is 1. The Morgan fingerprint density at radius 3 is 1.93 bits per heavy atom. The van der Waals surface area contributed by atoms with E-state index in [-0.39, 0.29) is 5.41 Å². The zero-order valence-electron chi connectivity index (χ0n) is 25.9. The van der Waals surface area contributed by atoms with Crippen molar-refractivity contribution in [2.45, 2.75) is 33.1 Å². The minimum Gasteiger partial charge on any atom is -0.454 e. The first-order valence-corrected chi connectivity index (χ1v) is 15.4. The Labute approximate surface area is 262 Å². The van der Waals surface area contributed by atoms with E-state index >= 15 is 0 Å². The molecule has 0 saturated heterocycles. The molecule has 0 aliphatic rings. The molecule has 8 aromatic rings. The van der Waals surface area contributed by atoms with Crippen LogP contribution in [0.1, 0.15) is 31.9 Å². The average Bonchev–Trinajstić information content (AvgIpc) is 3.63. The predicted octanol–water partition coefficient (Wildman–Crippen LogP) is 10.9. The van der Waals surface area contributed by atoms with Crippen molar-refractivity contribution >= 4 is 33.1 Å². The molecule has 45 heavy (non-hydrogen) atoms. The number of aromatic nitrogens is 3. The number of hydrogen-bond acceptors (Lipinski definition) is 3. The number of imidazole rings is 1. The van der Waals surface area contributed by atoms with E-state index in [1.807, 2.05) is 30.3 Å². The number of rotatable bonds is 4. The summed E-state index contributed by atoms with van der Waals surface area (Å²) >= 11 is 0. The number of hydrogen-bond donors (Lipinski definition) is 0. The van der Waals surface area contributed by atoms with E-state index in [1.54, 1.807) is 0 Å². The quantitative estimate of drug-likeness (QED) is 0.207. The maximum Gasteiger partial charge on any atom is 0.164 e. The molecule has 4 nitrogen and oxygen atoms in total. The lowest BCUT2D eigenvalue weighted by Crippen LogP contribution is -2.13. The lowest BCUT2D eigenvalue weighted by Gasteiger charge is -2.26. The van der Waals surface area contributed by atoms with Crippen LogP contribution >= 0.6 is 0 Å². The van der Waals surface area contributed by atoms with Gasteiger partial charge >= 0.3 is 0 Å². The second-order valence-corrected chi connectivity index (χ2v) is 12.8. The number of benzene rings is 5. The van der Waals surface area contributed by atoms with Crippen molar-refractivity contribution in [1.29, 1.82) is 0 Å². The van der Waals surface area contributed by atoms with Gasteiger partial charge in [-0.3, -0.25) is 4.57 Å². The van der Waals surface area contributed by atoms with Crippen molar-refractivity contribution in [3.63, 3.8) is 0 Å². The average molecular weight is 584 g/mol. The van der Waals surface area contributed by atoms with Crippen molar-refractivity contribution in [3.8, 4) is 39.5 Å². The highest BCUT2D eigenvalue weighted by Crippen LogP contribution is 2.43. The second-order valence-electron chi connectivity index (χ2n) is 12.8. The molecule has 0 amide bonds. The van der Waals surface area contributed by atoms with Gasteiger partial charge in [-0.05, 0) is 77.1 Å². The molecule has 5 aromatic carbocycles. The summed E-state index contributed by atoms with van der Waals surface area (Å²) in [5, 5.41) is 1.04. The summed E-state index contributed by atoms with van der Waals surface area (Å²) in [5.74, 6) is 0.791. The van der Waals surface area contributed by atoms with Gasteiger partial charge in [0.1, 0.15) is 16.8 Å². The van der Waals surface area contributed by atoms with E-state index < -0.39 is 0 Å². The molecule has 0 aliphatic heterocycles. The van der Waals surface area contributed by atoms with E-state index in [0.29, 0.717) is 0 Å². The fourth-order valence-corrected chi connectivity index (χ4v) is 6.39. The minimum absolute atomic E-state index is 0.0573. The van der Waals surface area contributed by atoms with E-state index in [4.69, 9.17) is 14.4 Å². The SMILES string of the molecule is Cc1cccc2oc3ccc(-c4nc5ccccc5n4-c4c(-c5ccccc5)cc(C(C)(C)C)cc4-c4ccccc4)nc3c12. The Hall–Kier alpha value is -5.48. The van der Waals surface area contributed by atoms with Gasteiger partial charge < -0.3 is 4.42 Å². The molecule has 0 bridgehead atoms. The van der Waals surface area contributed by atoms with Crippen LogP contribution in [0.15, 0.2) is 132 Å². The van der Waals surface area contributed by atoms with Crippen molar-refractivity contribution in [3.05, 3.63) is 139 Å². The third-order valence-electron chi connectivity index (χ3n) is 8.71. The van der Waals surface area contributed by atoms with Gasteiger partial charge in [-0.1, -0.05) is 106 Å². The van der Waals surface area contributed by atoms with Crippen molar-refractivity contribution < 1.29 is 4.42 Å². The van der Waals surface area contributed by atoms with E-state index in [1.165, 1.54) is 5.56 Å². The Morgan fingerprint density at radius 2 is 1.27 bits per heavy atom. The highest BCUT2D eigenvalue weighted by molar-refractivity contribution is 6.05. The number of furan rings is 1. The van der Waals surface area contributed by atoms with Crippen LogP contribution in [0.4, 0.5) is 0 Å². The van der Waals surface area contributed by atoms with Gasteiger partial charge in [0, 0.05) is 16.5 Å². The molecule has 3 aromatic heterocycles. The highest BCUT2D eigenvalue weighted by atomic mass is 16.3. The van der Waals surface area contributed by atoms with Crippen LogP contribution in [-0.2, 0) is 5.41 Å². The molecule has 0 saturated carbocycles. The summed E-state index contributed by atoms with van der Waals surface area (Å²) in [4.78, 5) is 10.5. The van der Waals surface area contributed by atoms with Gasteiger partial charge in [-0.15, -0.1) is 0 Å². The normalized spacial score (nSPS) is 12.0. The summed E-state index contributed by atoms with van der Waals surface area (Å²) < 4.78 is 8.52. The Morgan fingerprint density at radius 1 is 0.622 bits per heavy atom. The predicted molar refractivity (Wildman–Crippen MR) is 186 cm³/mol. The van der Waals surface area contributed by atoms with Crippen LogP contribution in [0, 0.1) is 6.92 Å². The fourth-order valence-electron chi connectivity index (χ4n) is 6.39. The van der Waals surface area contributed by atoms with Crippen LogP contribution in [0.3, 0.4) is 0 Å². The summed E-state index contributed by atoms with van der Waals surface area (Å²) in [6, 6.07) is 44.7. The van der Waals surface area contributed by atoms with Crippen molar-refractivity contribution in [1.82, 2.24) is 14.5 Å². The molecule has 4 heteroatoms. The largest absolute Gasteiger partial charge is 0.454 e. The topological polar surface area (TPSA) is 43.9 Å². The maximum absolute atomic E-state index is 6.21. The van der Waals surface area contributed by atoms with Crippen LogP contribution in [0.25, 0.3) is 72.6 Å². The van der Waals surface area contributed by atoms with Crippen LogP contribution < -0.4 is 0 Å². The molecule has 0 atom stereocenters. The molecule has 3 heterocycles. The molecule has 0 spiro atoms. The van der Waals surface area contributed by atoms with Crippen LogP contribution in [-0.4, -0.2) is 14.5 Å². The third kappa shape index (κ3) is 4.53. The molecule has 0 fully saturated rings. The van der Waals surface area contributed by atoms with E-state index in [0.717, 1.165) is 78.1 Å². The maximum atomic E-state index is 6.21. The zero-order valence-corrected chi connectivity index (χ0v) is 25.9. The summed E-state index contributed by atoms with van der Waals surface area (Å²) in [7, 11) is 0. The van der Waals surface area contributed by atoms with Crippen molar-refractivity contribution in [2.24, 2.45) is 0 Å². The zero-order chi connectivity index (χ0) is 30.7. The summed E-state index contributed by atoms with van der Waals surface area (Å²) in [5.41, 5.74) is 13.3. The lowest BCUT2D eigenvalue weighted by atomic mass is 9.82. The Balaban J connectivity index is 1.52. The molecule has 0 unspecified atom stereocenters. The number of nitrogens with zero attached hydrogens (tertiary/aromatic N) is 3. The molecule has 218 valence electrons. The first kappa shape index (κ1) is 27.1. The third-order valence-corrected chi connectivity index (χ3v) is 8.71. The smallest absolute Gasteiger partial charge is 0.164 e. The van der Waals surface area contributed by atoms with Gasteiger partial charge in [0.15, 0.2) is 11.4 Å². The minimum atomic E-state index is -0.0573. The first-order valence-electron chi connectivity index (χ1n) is 15.4. The highest BCUT2D eigenvalue weighted by Gasteiger charge is 2.26.